The van der Waals surface area contributed by atoms with Gasteiger partial charge in [0.2, 0.25) is 11.8 Å². The highest BCUT2D eigenvalue weighted by Crippen LogP contribution is 2.47. The Bertz CT molecular complexity index is 1040. The standard InChI is InChI=1S/C28H33F2N3O2/c29-22-8-9-24(30)25(17-22)32-14-12-31(13-15-32)20-23(16-21-6-2-1-3-7-21)33-26(34)18-28(19-27(33)35)10-4-5-11-28/h1-3,6-9,17,23H,4-5,10-16,18-20H2/t23-/m1/s1. The number of rotatable bonds is 6. The van der Waals surface area contributed by atoms with Gasteiger partial charge in [0.15, 0.2) is 0 Å². The molecule has 0 aromatic heterocycles. The third-order valence-electron chi connectivity index (χ3n) is 8.02. The molecule has 5 rings (SSSR count). The number of carbonyl (C=O) groups excluding carboxylic acids is 2. The molecule has 2 aromatic rings. The molecule has 1 aliphatic carbocycles. The topological polar surface area (TPSA) is 43.9 Å². The van der Waals surface area contributed by atoms with Gasteiger partial charge < -0.3 is 4.90 Å². The van der Waals surface area contributed by atoms with E-state index in [0.29, 0.717) is 52.0 Å². The lowest BCUT2D eigenvalue weighted by Gasteiger charge is -2.43. The number of likely N-dealkylation sites (tertiary alicyclic amines) is 1. The van der Waals surface area contributed by atoms with E-state index in [9.17, 15) is 18.4 Å². The molecule has 2 heterocycles. The number of halogens is 2. The molecule has 3 fully saturated rings. The minimum absolute atomic E-state index is 0.0375. The summed E-state index contributed by atoms with van der Waals surface area (Å²) in [4.78, 5) is 32.3. The van der Waals surface area contributed by atoms with Crippen molar-refractivity contribution in [2.45, 2.75) is 51.0 Å². The largest absolute Gasteiger partial charge is 0.367 e. The first kappa shape index (κ1) is 23.9. The van der Waals surface area contributed by atoms with E-state index in [0.717, 1.165) is 43.4 Å². The maximum atomic E-state index is 14.3. The Balaban J connectivity index is 1.29. The summed E-state index contributed by atoms with van der Waals surface area (Å²) in [5.41, 5.74) is 1.26. The fourth-order valence-electron chi connectivity index (χ4n) is 6.22. The van der Waals surface area contributed by atoms with Crippen molar-refractivity contribution in [2.75, 3.05) is 37.6 Å². The summed E-state index contributed by atoms with van der Waals surface area (Å²) in [7, 11) is 0. The van der Waals surface area contributed by atoms with Crippen molar-refractivity contribution in [2.24, 2.45) is 5.41 Å². The summed E-state index contributed by atoms with van der Waals surface area (Å²) >= 11 is 0. The Labute approximate surface area is 205 Å². The van der Waals surface area contributed by atoms with Crippen molar-refractivity contribution in [3.8, 4) is 0 Å². The van der Waals surface area contributed by atoms with Crippen molar-refractivity contribution in [3.63, 3.8) is 0 Å². The molecule has 35 heavy (non-hydrogen) atoms. The third kappa shape index (κ3) is 5.25. The molecule has 2 aromatic carbocycles. The van der Waals surface area contributed by atoms with Crippen molar-refractivity contribution in [3.05, 3.63) is 65.7 Å². The maximum absolute atomic E-state index is 14.3. The van der Waals surface area contributed by atoms with Crippen LogP contribution >= 0.6 is 0 Å². The van der Waals surface area contributed by atoms with E-state index in [1.54, 1.807) is 4.90 Å². The second-order valence-corrected chi connectivity index (χ2v) is 10.4. The van der Waals surface area contributed by atoms with Gasteiger partial charge in [-0.25, -0.2) is 8.78 Å². The van der Waals surface area contributed by atoms with E-state index in [4.69, 9.17) is 0 Å². The van der Waals surface area contributed by atoms with Crippen LogP contribution in [0.2, 0.25) is 0 Å². The Morgan fingerprint density at radius 1 is 0.857 bits per heavy atom. The van der Waals surface area contributed by atoms with Gasteiger partial charge in [-0.2, -0.15) is 0 Å². The van der Waals surface area contributed by atoms with Gasteiger partial charge in [-0.15, -0.1) is 0 Å². The van der Waals surface area contributed by atoms with Crippen molar-refractivity contribution >= 4 is 17.5 Å². The number of piperazine rings is 1. The van der Waals surface area contributed by atoms with Gasteiger partial charge >= 0.3 is 0 Å². The van der Waals surface area contributed by atoms with Gasteiger partial charge in [0.05, 0.1) is 11.7 Å². The zero-order valence-corrected chi connectivity index (χ0v) is 20.1. The Morgan fingerprint density at radius 2 is 1.51 bits per heavy atom. The second-order valence-electron chi connectivity index (χ2n) is 10.4. The molecule has 1 spiro atoms. The summed E-state index contributed by atoms with van der Waals surface area (Å²) in [6.45, 7) is 3.01. The highest BCUT2D eigenvalue weighted by Gasteiger charge is 2.47. The number of carbonyl (C=O) groups is 2. The monoisotopic (exact) mass is 481 g/mol. The zero-order valence-electron chi connectivity index (χ0n) is 20.1. The highest BCUT2D eigenvalue weighted by molar-refractivity contribution is 5.99. The fraction of sp³-hybridized carbons (Fsp3) is 0.500. The van der Waals surface area contributed by atoms with Gasteiger partial charge in [-0.1, -0.05) is 43.2 Å². The van der Waals surface area contributed by atoms with Gasteiger partial charge in [0.1, 0.15) is 11.6 Å². The highest BCUT2D eigenvalue weighted by atomic mass is 19.1. The van der Waals surface area contributed by atoms with Gasteiger partial charge in [-0.3, -0.25) is 19.4 Å². The van der Waals surface area contributed by atoms with Gasteiger partial charge in [0.25, 0.3) is 0 Å². The van der Waals surface area contributed by atoms with Crippen LogP contribution in [0.25, 0.3) is 0 Å². The number of nitrogens with zero attached hydrogens (tertiary/aromatic N) is 3. The van der Waals surface area contributed by atoms with Crippen LogP contribution < -0.4 is 4.90 Å². The van der Waals surface area contributed by atoms with Crippen molar-refractivity contribution in [1.29, 1.82) is 0 Å². The van der Waals surface area contributed by atoms with E-state index in [2.05, 4.69) is 4.90 Å². The number of benzene rings is 2. The lowest BCUT2D eigenvalue weighted by atomic mass is 9.76. The van der Waals surface area contributed by atoms with Crippen LogP contribution in [0.3, 0.4) is 0 Å². The zero-order chi connectivity index (χ0) is 24.4. The summed E-state index contributed by atoms with van der Waals surface area (Å²) in [6, 6.07) is 13.3. The first-order chi connectivity index (χ1) is 16.9. The molecule has 2 amide bonds. The number of hydrogen-bond donors (Lipinski definition) is 0. The number of piperidine rings is 1. The Kier molecular flexibility index (Phi) is 6.87. The molecular weight excluding hydrogens is 448 g/mol. The van der Waals surface area contributed by atoms with E-state index in [1.165, 1.54) is 6.07 Å². The van der Waals surface area contributed by atoms with E-state index in [-0.39, 0.29) is 29.0 Å². The lowest BCUT2D eigenvalue weighted by Crippen LogP contribution is -2.57. The van der Waals surface area contributed by atoms with Crippen LogP contribution in [-0.4, -0.2) is 60.4 Å². The SMILES string of the molecule is O=C1CC2(CCCC2)CC(=O)N1[C@H](Cc1ccccc1)CN1CCN(c2cc(F)ccc2F)CC1. The normalized spacial score (nSPS) is 21.7. The Morgan fingerprint density at radius 3 is 2.17 bits per heavy atom. The molecule has 0 radical (unpaired) electrons. The molecule has 1 atom stereocenters. The molecule has 186 valence electrons. The molecule has 2 saturated heterocycles. The number of imide groups is 1. The smallest absolute Gasteiger partial charge is 0.230 e. The van der Waals surface area contributed by atoms with Crippen LogP contribution in [0, 0.1) is 17.0 Å². The molecule has 0 N–H and O–H groups in total. The van der Waals surface area contributed by atoms with Crippen molar-refractivity contribution in [1.82, 2.24) is 9.80 Å². The van der Waals surface area contributed by atoms with E-state index >= 15 is 0 Å². The van der Waals surface area contributed by atoms with Crippen molar-refractivity contribution < 1.29 is 18.4 Å². The molecule has 0 bridgehead atoms. The average molecular weight is 482 g/mol. The minimum Gasteiger partial charge on any atom is -0.367 e. The lowest BCUT2D eigenvalue weighted by molar-refractivity contribution is -0.156. The predicted molar refractivity (Wildman–Crippen MR) is 131 cm³/mol. The molecule has 0 unspecified atom stereocenters. The predicted octanol–water partition coefficient (Wildman–Crippen LogP) is 4.41. The number of hydrogen-bond acceptors (Lipinski definition) is 4. The number of anilines is 1. The molecule has 3 aliphatic rings. The van der Waals surface area contributed by atoms with Crippen LogP contribution in [0.5, 0.6) is 0 Å². The summed E-state index contributed by atoms with van der Waals surface area (Å²) in [5, 5.41) is 0. The second kappa shape index (κ2) is 10.1. The van der Waals surface area contributed by atoms with E-state index in [1.807, 2.05) is 35.2 Å². The number of amides is 2. The van der Waals surface area contributed by atoms with Gasteiger partial charge in [-0.05, 0) is 42.4 Å². The first-order valence-electron chi connectivity index (χ1n) is 12.7. The summed E-state index contributed by atoms with van der Waals surface area (Å²) < 4.78 is 27.9. The average Bonchev–Trinajstić information content (AvgIpc) is 3.28. The van der Waals surface area contributed by atoms with E-state index < -0.39 is 11.6 Å². The first-order valence-corrected chi connectivity index (χ1v) is 12.7. The molecule has 7 heteroatoms. The maximum Gasteiger partial charge on any atom is 0.230 e. The molecule has 5 nitrogen and oxygen atoms in total. The van der Waals surface area contributed by atoms with Gasteiger partial charge in [0, 0.05) is 51.6 Å². The summed E-state index contributed by atoms with van der Waals surface area (Å²) in [6.07, 6.45) is 5.70. The van der Waals surface area contributed by atoms with Crippen LogP contribution in [0.4, 0.5) is 14.5 Å². The summed E-state index contributed by atoms with van der Waals surface area (Å²) in [5.74, 6) is -0.949. The molecule has 1 saturated carbocycles. The van der Waals surface area contributed by atoms with Crippen LogP contribution in [-0.2, 0) is 16.0 Å². The fourth-order valence-corrected chi connectivity index (χ4v) is 6.22. The third-order valence-corrected chi connectivity index (χ3v) is 8.02. The quantitative estimate of drug-likeness (QED) is 0.574. The Hall–Kier alpha value is -2.80. The molecule has 2 aliphatic heterocycles. The van der Waals surface area contributed by atoms with Crippen LogP contribution in [0.15, 0.2) is 48.5 Å². The van der Waals surface area contributed by atoms with Crippen LogP contribution in [0.1, 0.15) is 44.1 Å². The molecular formula is C28H33F2N3O2. The minimum atomic E-state index is -0.450.